The molecule has 0 aliphatic carbocycles. The zero-order valence-corrected chi connectivity index (χ0v) is 14.9. The SMILES string of the molecule is Cn1c2ccccc2c2cc3c(cc21)c1ccccc1n3-c1cccnc1. The van der Waals surface area contributed by atoms with Gasteiger partial charge in [-0.15, -0.1) is 0 Å². The molecule has 0 aliphatic heterocycles. The lowest BCUT2D eigenvalue weighted by Crippen LogP contribution is -1.94. The molecule has 0 saturated heterocycles. The van der Waals surface area contributed by atoms with E-state index in [9.17, 15) is 0 Å². The first-order chi connectivity index (χ1) is 13.3. The molecule has 0 spiro atoms. The second-order valence-corrected chi connectivity index (χ2v) is 7.03. The van der Waals surface area contributed by atoms with Crippen LogP contribution in [0.2, 0.25) is 0 Å². The maximum Gasteiger partial charge on any atom is 0.0645 e. The molecule has 3 aromatic heterocycles. The first kappa shape index (κ1) is 14.6. The number of para-hydroxylation sites is 2. The minimum absolute atomic E-state index is 1.09. The monoisotopic (exact) mass is 347 g/mol. The van der Waals surface area contributed by atoms with Crippen molar-refractivity contribution in [3.63, 3.8) is 0 Å². The van der Waals surface area contributed by atoms with E-state index in [2.05, 4.69) is 87.9 Å². The van der Waals surface area contributed by atoms with Crippen molar-refractivity contribution in [3.8, 4) is 5.69 Å². The molecule has 6 rings (SSSR count). The van der Waals surface area contributed by atoms with Crippen LogP contribution in [0, 0.1) is 0 Å². The fraction of sp³-hybridized carbons (Fsp3) is 0.0417. The lowest BCUT2D eigenvalue weighted by molar-refractivity contribution is 1.02. The zero-order chi connectivity index (χ0) is 18.0. The standard InChI is InChI=1S/C24H17N3/c1-26-21-10-4-2-8-17(21)19-14-24-20(13-23(19)26)18-9-3-5-11-22(18)27(24)16-7-6-12-25-15-16/h2-15H,1H3. The third-order valence-electron chi connectivity index (χ3n) is 5.61. The Morgan fingerprint density at radius 1 is 0.630 bits per heavy atom. The summed E-state index contributed by atoms with van der Waals surface area (Å²) in [5.41, 5.74) is 6.03. The van der Waals surface area contributed by atoms with E-state index in [1.165, 1.54) is 43.6 Å². The summed E-state index contributed by atoms with van der Waals surface area (Å²) in [5.74, 6) is 0. The van der Waals surface area contributed by atoms with Gasteiger partial charge in [0.2, 0.25) is 0 Å². The van der Waals surface area contributed by atoms with Crippen LogP contribution in [0.3, 0.4) is 0 Å². The number of aromatic nitrogens is 3. The van der Waals surface area contributed by atoms with Gasteiger partial charge in [-0.3, -0.25) is 4.98 Å². The summed E-state index contributed by atoms with van der Waals surface area (Å²) in [7, 11) is 2.15. The van der Waals surface area contributed by atoms with Gasteiger partial charge in [-0.05, 0) is 36.4 Å². The van der Waals surface area contributed by atoms with Crippen molar-refractivity contribution < 1.29 is 0 Å². The van der Waals surface area contributed by atoms with Gasteiger partial charge in [0.05, 0.1) is 22.9 Å². The molecule has 0 radical (unpaired) electrons. The fourth-order valence-corrected chi connectivity index (χ4v) is 4.38. The number of pyridine rings is 1. The normalized spacial score (nSPS) is 11.9. The molecule has 3 heteroatoms. The van der Waals surface area contributed by atoms with Crippen LogP contribution in [0.15, 0.2) is 85.2 Å². The highest BCUT2D eigenvalue weighted by Crippen LogP contribution is 2.37. The lowest BCUT2D eigenvalue weighted by atomic mass is 10.1. The average Bonchev–Trinajstić information content (AvgIpc) is 3.20. The van der Waals surface area contributed by atoms with E-state index in [-0.39, 0.29) is 0 Å². The van der Waals surface area contributed by atoms with Gasteiger partial charge in [-0.1, -0.05) is 36.4 Å². The van der Waals surface area contributed by atoms with E-state index in [1.807, 2.05) is 18.5 Å². The molecule has 3 aromatic carbocycles. The number of fused-ring (bicyclic) bond motifs is 6. The number of rotatable bonds is 1. The van der Waals surface area contributed by atoms with Gasteiger partial charge in [0.15, 0.2) is 0 Å². The maximum absolute atomic E-state index is 4.35. The molecule has 3 heterocycles. The second-order valence-electron chi connectivity index (χ2n) is 7.03. The van der Waals surface area contributed by atoms with Crippen molar-refractivity contribution in [1.82, 2.24) is 14.1 Å². The predicted molar refractivity (Wildman–Crippen MR) is 113 cm³/mol. The van der Waals surface area contributed by atoms with Gasteiger partial charge in [-0.25, -0.2) is 0 Å². The molecule has 0 aliphatic rings. The zero-order valence-electron chi connectivity index (χ0n) is 14.9. The van der Waals surface area contributed by atoms with E-state index >= 15 is 0 Å². The first-order valence-electron chi connectivity index (χ1n) is 9.14. The van der Waals surface area contributed by atoms with Crippen LogP contribution in [0.4, 0.5) is 0 Å². The Bertz CT molecular complexity index is 1470. The second kappa shape index (κ2) is 5.21. The molecule has 0 saturated carbocycles. The largest absolute Gasteiger partial charge is 0.344 e. The minimum atomic E-state index is 1.09. The molecule has 0 fully saturated rings. The quantitative estimate of drug-likeness (QED) is 0.367. The van der Waals surface area contributed by atoms with Crippen molar-refractivity contribution in [2.45, 2.75) is 0 Å². The van der Waals surface area contributed by atoms with Crippen molar-refractivity contribution in [2.75, 3.05) is 0 Å². The van der Waals surface area contributed by atoms with Gasteiger partial charge in [0.25, 0.3) is 0 Å². The summed E-state index contributed by atoms with van der Waals surface area (Å²) in [4.78, 5) is 4.35. The smallest absolute Gasteiger partial charge is 0.0645 e. The Labute approximate surface area is 156 Å². The number of hydrogen-bond acceptors (Lipinski definition) is 1. The predicted octanol–water partition coefficient (Wildman–Crippen LogP) is 5.82. The van der Waals surface area contributed by atoms with Crippen molar-refractivity contribution in [1.29, 1.82) is 0 Å². The van der Waals surface area contributed by atoms with Crippen LogP contribution in [-0.4, -0.2) is 14.1 Å². The van der Waals surface area contributed by atoms with Gasteiger partial charge in [-0.2, -0.15) is 0 Å². The lowest BCUT2D eigenvalue weighted by Gasteiger charge is -2.07. The van der Waals surface area contributed by atoms with Crippen LogP contribution in [0.5, 0.6) is 0 Å². The van der Waals surface area contributed by atoms with Gasteiger partial charge in [0.1, 0.15) is 0 Å². The van der Waals surface area contributed by atoms with Crippen LogP contribution >= 0.6 is 0 Å². The Morgan fingerprint density at radius 3 is 2.07 bits per heavy atom. The molecular formula is C24H17N3. The summed E-state index contributed by atoms with van der Waals surface area (Å²) in [6.07, 6.45) is 3.75. The van der Waals surface area contributed by atoms with E-state index in [0.29, 0.717) is 0 Å². The van der Waals surface area contributed by atoms with Gasteiger partial charge < -0.3 is 9.13 Å². The van der Waals surface area contributed by atoms with Crippen LogP contribution in [0.1, 0.15) is 0 Å². The Morgan fingerprint density at radius 2 is 1.30 bits per heavy atom. The highest BCUT2D eigenvalue weighted by Gasteiger charge is 2.16. The number of nitrogens with zero attached hydrogens (tertiary/aromatic N) is 3. The maximum atomic E-state index is 4.35. The molecule has 128 valence electrons. The van der Waals surface area contributed by atoms with Crippen molar-refractivity contribution in [2.24, 2.45) is 7.05 Å². The molecule has 0 bridgehead atoms. The Balaban J connectivity index is 1.88. The van der Waals surface area contributed by atoms with Crippen molar-refractivity contribution >= 4 is 43.6 Å². The summed E-state index contributed by atoms with van der Waals surface area (Å²) in [6, 6.07) is 26.0. The topological polar surface area (TPSA) is 22.8 Å². The van der Waals surface area contributed by atoms with Crippen LogP contribution in [0.25, 0.3) is 49.3 Å². The summed E-state index contributed by atoms with van der Waals surface area (Å²) < 4.78 is 4.61. The molecule has 27 heavy (non-hydrogen) atoms. The Hall–Kier alpha value is -3.59. The molecule has 6 aromatic rings. The summed E-state index contributed by atoms with van der Waals surface area (Å²) >= 11 is 0. The number of benzene rings is 3. The van der Waals surface area contributed by atoms with E-state index in [0.717, 1.165) is 5.69 Å². The Kier molecular flexibility index (Phi) is 2.81. The minimum Gasteiger partial charge on any atom is -0.344 e. The molecule has 0 amide bonds. The van der Waals surface area contributed by atoms with Crippen LogP contribution in [-0.2, 0) is 7.05 Å². The van der Waals surface area contributed by atoms with E-state index < -0.39 is 0 Å². The molecule has 0 atom stereocenters. The van der Waals surface area contributed by atoms with Gasteiger partial charge in [0, 0.05) is 45.8 Å². The highest BCUT2D eigenvalue weighted by atomic mass is 15.0. The number of aryl methyl sites for hydroxylation is 1. The summed E-state index contributed by atoms with van der Waals surface area (Å²) in [6.45, 7) is 0. The fourth-order valence-electron chi connectivity index (χ4n) is 4.38. The summed E-state index contributed by atoms with van der Waals surface area (Å²) in [5, 5.41) is 5.12. The first-order valence-corrected chi connectivity index (χ1v) is 9.14. The number of hydrogen-bond donors (Lipinski definition) is 0. The average molecular weight is 347 g/mol. The third-order valence-corrected chi connectivity index (χ3v) is 5.61. The highest BCUT2D eigenvalue weighted by molar-refractivity contribution is 6.18. The molecule has 0 N–H and O–H groups in total. The molecule has 3 nitrogen and oxygen atoms in total. The van der Waals surface area contributed by atoms with E-state index in [4.69, 9.17) is 0 Å². The molecule has 0 unspecified atom stereocenters. The van der Waals surface area contributed by atoms with Crippen molar-refractivity contribution in [3.05, 3.63) is 85.2 Å². The van der Waals surface area contributed by atoms with E-state index in [1.54, 1.807) is 0 Å². The van der Waals surface area contributed by atoms with Gasteiger partial charge >= 0.3 is 0 Å². The third kappa shape index (κ3) is 1.88. The van der Waals surface area contributed by atoms with Crippen LogP contribution < -0.4 is 0 Å². The molecular weight excluding hydrogens is 330 g/mol.